The third-order valence-corrected chi connectivity index (χ3v) is 1.65. The van der Waals surface area contributed by atoms with Crippen molar-refractivity contribution in [1.82, 2.24) is 0 Å². The molecule has 1 aromatic carbocycles. The summed E-state index contributed by atoms with van der Waals surface area (Å²) in [6, 6.07) is 1.39. The summed E-state index contributed by atoms with van der Waals surface area (Å²) in [5, 5.41) is 10.5. The van der Waals surface area contributed by atoms with Gasteiger partial charge in [-0.2, -0.15) is 4.39 Å². The quantitative estimate of drug-likeness (QED) is 0.585. The minimum atomic E-state index is -1.48. The van der Waals surface area contributed by atoms with Crippen LogP contribution in [0.2, 0.25) is 0 Å². The van der Waals surface area contributed by atoms with Crippen molar-refractivity contribution < 1.29 is 23.2 Å². The van der Waals surface area contributed by atoms with E-state index < -0.39 is 40.4 Å². The number of halogens is 2. The van der Waals surface area contributed by atoms with E-state index >= 15 is 0 Å². The molecule has 0 aliphatic carbocycles. The Kier molecular flexibility index (Phi) is 3.49. The summed E-state index contributed by atoms with van der Waals surface area (Å²) in [6.07, 6.45) is 0. The molecule has 0 atom stereocenters. The van der Waals surface area contributed by atoms with Crippen molar-refractivity contribution in [2.45, 2.75) is 6.92 Å². The van der Waals surface area contributed by atoms with Crippen molar-refractivity contribution in [3.8, 4) is 5.75 Å². The van der Waals surface area contributed by atoms with Crippen molar-refractivity contribution in [2.75, 3.05) is 6.61 Å². The van der Waals surface area contributed by atoms with Gasteiger partial charge in [-0.05, 0) is 13.0 Å². The summed E-state index contributed by atoms with van der Waals surface area (Å²) in [7, 11) is 0. The van der Waals surface area contributed by atoms with Crippen molar-refractivity contribution in [3.05, 3.63) is 33.9 Å². The number of ketones is 1. The molecule has 0 spiro atoms. The molecule has 0 saturated carbocycles. The lowest BCUT2D eigenvalue weighted by Gasteiger charge is -2.06. The molecule has 7 heteroatoms. The molecule has 0 heterocycles. The molecule has 0 N–H and O–H groups in total. The van der Waals surface area contributed by atoms with Crippen LogP contribution in [0.25, 0.3) is 0 Å². The predicted octanol–water partition coefficient (Wildman–Crippen LogP) is 1.84. The first-order valence-corrected chi connectivity index (χ1v) is 4.18. The molecule has 0 unspecified atom stereocenters. The van der Waals surface area contributed by atoms with Crippen molar-refractivity contribution >= 4 is 11.5 Å². The summed E-state index contributed by atoms with van der Waals surface area (Å²) in [6.45, 7) is 0.601. The van der Waals surface area contributed by atoms with E-state index in [-0.39, 0.29) is 0 Å². The first-order valence-electron chi connectivity index (χ1n) is 4.18. The predicted molar refractivity (Wildman–Crippen MR) is 49.2 cm³/mol. The molecule has 0 aromatic heterocycles. The van der Waals surface area contributed by atoms with Gasteiger partial charge in [0.1, 0.15) is 6.61 Å². The summed E-state index contributed by atoms with van der Waals surface area (Å²) >= 11 is 0. The zero-order valence-electron chi connectivity index (χ0n) is 8.20. The van der Waals surface area contributed by atoms with Crippen LogP contribution in [0, 0.1) is 21.7 Å². The summed E-state index contributed by atoms with van der Waals surface area (Å²) in [4.78, 5) is 20.1. The Bertz CT molecular complexity index is 447. The van der Waals surface area contributed by atoms with Crippen LogP contribution in [0.3, 0.4) is 0 Å². The largest absolute Gasteiger partial charge is 0.477 e. The van der Waals surface area contributed by atoms with E-state index in [1.165, 1.54) is 0 Å². The van der Waals surface area contributed by atoms with Crippen LogP contribution in [0.5, 0.6) is 5.75 Å². The monoisotopic (exact) mass is 231 g/mol. The number of carbonyl (C=O) groups excluding carboxylic acids is 1. The number of Topliss-reactive ketones (excluding diaryl/α,β-unsaturated/α-hetero) is 1. The Labute approximate surface area is 88.8 Å². The van der Waals surface area contributed by atoms with Crippen LogP contribution in [-0.2, 0) is 4.79 Å². The highest BCUT2D eigenvalue weighted by atomic mass is 19.2. The minimum Gasteiger partial charge on any atom is -0.477 e. The highest BCUT2D eigenvalue weighted by Crippen LogP contribution is 2.31. The molecular formula is C9H7F2NO4. The molecule has 0 amide bonds. The molecule has 1 rings (SSSR count). The van der Waals surface area contributed by atoms with E-state index in [1.54, 1.807) is 0 Å². The lowest BCUT2D eigenvalue weighted by atomic mass is 10.2. The van der Waals surface area contributed by atoms with Gasteiger partial charge >= 0.3 is 5.69 Å². The van der Waals surface area contributed by atoms with E-state index in [4.69, 9.17) is 0 Å². The maximum atomic E-state index is 13.2. The Hall–Kier alpha value is -2.05. The van der Waals surface area contributed by atoms with Gasteiger partial charge in [0, 0.05) is 6.07 Å². The summed E-state index contributed by atoms with van der Waals surface area (Å²) in [5.41, 5.74) is -0.722. The number of nitro groups is 1. The number of hydrogen-bond acceptors (Lipinski definition) is 4. The average molecular weight is 231 g/mol. The normalized spacial score (nSPS) is 9.94. The van der Waals surface area contributed by atoms with Gasteiger partial charge in [-0.25, -0.2) is 4.39 Å². The number of rotatable bonds is 4. The van der Waals surface area contributed by atoms with Crippen LogP contribution in [0.4, 0.5) is 14.5 Å². The fourth-order valence-corrected chi connectivity index (χ4v) is 0.977. The third-order valence-electron chi connectivity index (χ3n) is 1.65. The Morgan fingerprint density at radius 3 is 2.62 bits per heavy atom. The van der Waals surface area contributed by atoms with Gasteiger partial charge in [0.05, 0.1) is 4.92 Å². The zero-order chi connectivity index (χ0) is 12.3. The van der Waals surface area contributed by atoms with Gasteiger partial charge in [0.25, 0.3) is 0 Å². The van der Waals surface area contributed by atoms with E-state index in [9.17, 15) is 23.7 Å². The number of hydrogen-bond donors (Lipinski definition) is 0. The molecule has 1 aromatic rings. The Morgan fingerprint density at radius 2 is 2.12 bits per heavy atom. The maximum Gasteiger partial charge on any atom is 0.314 e. The molecule has 86 valence electrons. The van der Waals surface area contributed by atoms with Gasteiger partial charge in [-0.1, -0.05) is 0 Å². The smallest absolute Gasteiger partial charge is 0.314 e. The van der Waals surface area contributed by atoms with E-state index in [0.717, 1.165) is 13.0 Å². The van der Waals surface area contributed by atoms with E-state index in [0.29, 0.717) is 6.07 Å². The van der Waals surface area contributed by atoms with Gasteiger partial charge in [0.15, 0.2) is 11.6 Å². The molecular weight excluding hydrogens is 224 g/mol. The standard InChI is InChI=1S/C9H7F2NO4/c1-5(13)4-16-9-7(12(14)15)3-2-6(10)8(9)11/h2-3H,4H2,1H3. The minimum absolute atomic E-state index is 0.460. The number of nitro benzene ring substituents is 1. The molecule has 0 saturated heterocycles. The fourth-order valence-electron chi connectivity index (χ4n) is 0.977. The second-order valence-corrected chi connectivity index (χ2v) is 2.96. The highest BCUT2D eigenvalue weighted by molar-refractivity contribution is 5.77. The Morgan fingerprint density at radius 1 is 1.50 bits per heavy atom. The van der Waals surface area contributed by atoms with Crippen molar-refractivity contribution in [2.24, 2.45) is 0 Å². The van der Waals surface area contributed by atoms with Crippen LogP contribution in [0.1, 0.15) is 6.92 Å². The average Bonchev–Trinajstić information content (AvgIpc) is 2.19. The Balaban J connectivity index is 3.15. The second kappa shape index (κ2) is 4.65. The summed E-state index contributed by atoms with van der Waals surface area (Å²) in [5.74, 6) is -4.07. The molecule has 0 fully saturated rings. The van der Waals surface area contributed by atoms with E-state index in [1.807, 2.05) is 0 Å². The zero-order valence-corrected chi connectivity index (χ0v) is 8.20. The lowest BCUT2D eigenvalue weighted by molar-refractivity contribution is -0.386. The van der Waals surface area contributed by atoms with Gasteiger partial charge < -0.3 is 4.74 Å². The number of benzene rings is 1. The first-order chi connectivity index (χ1) is 7.43. The van der Waals surface area contributed by atoms with Crippen LogP contribution in [-0.4, -0.2) is 17.3 Å². The molecule has 16 heavy (non-hydrogen) atoms. The number of carbonyl (C=O) groups is 1. The SMILES string of the molecule is CC(=O)COc1c([N+](=O)[O-])ccc(F)c1F. The van der Waals surface area contributed by atoms with Crippen LogP contribution >= 0.6 is 0 Å². The van der Waals surface area contributed by atoms with Crippen LogP contribution < -0.4 is 4.74 Å². The summed E-state index contributed by atoms with van der Waals surface area (Å²) < 4.78 is 30.5. The molecule has 0 bridgehead atoms. The first kappa shape index (κ1) is 12.0. The van der Waals surface area contributed by atoms with Crippen molar-refractivity contribution in [1.29, 1.82) is 0 Å². The van der Waals surface area contributed by atoms with E-state index in [2.05, 4.69) is 4.74 Å². The maximum absolute atomic E-state index is 13.2. The fraction of sp³-hybridized carbons (Fsp3) is 0.222. The second-order valence-electron chi connectivity index (χ2n) is 2.96. The number of ether oxygens (including phenoxy) is 1. The number of nitrogens with zero attached hydrogens (tertiary/aromatic N) is 1. The molecule has 0 radical (unpaired) electrons. The lowest BCUT2D eigenvalue weighted by Crippen LogP contribution is -2.10. The van der Waals surface area contributed by atoms with Crippen molar-refractivity contribution in [3.63, 3.8) is 0 Å². The topological polar surface area (TPSA) is 69.4 Å². The molecule has 5 nitrogen and oxygen atoms in total. The third kappa shape index (κ3) is 2.50. The molecule has 0 aliphatic heterocycles. The van der Waals surface area contributed by atoms with Gasteiger partial charge in [-0.3, -0.25) is 14.9 Å². The van der Waals surface area contributed by atoms with Gasteiger partial charge in [0.2, 0.25) is 11.6 Å². The van der Waals surface area contributed by atoms with Crippen LogP contribution in [0.15, 0.2) is 12.1 Å². The molecule has 0 aliphatic rings. The van der Waals surface area contributed by atoms with Gasteiger partial charge in [-0.15, -0.1) is 0 Å². The highest BCUT2D eigenvalue weighted by Gasteiger charge is 2.23.